The molecule has 1 rings (SSSR count). The number of rotatable bonds is 6. The third kappa shape index (κ3) is 5.20. The topological polar surface area (TPSA) is 87.7 Å². The summed E-state index contributed by atoms with van der Waals surface area (Å²) in [7, 11) is 1.51. The number of carboxylic acid groups (broad SMARTS) is 1. The van der Waals surface area contributed by atoms with Crippen molar-refractivity contribution < 1.29 is 19.4 Å². The van der Waals surface area contributed by atoms with Gasteiger partial charge in [0.15, 0.2) is 0 Å². The number of amides is 2. The van der Waals surface area contributed by atoms with Crippen LogP contribution in [0, 0.1) is 0 Å². The average molecular weight is 424 g/mol. The van der Waals surface area contributed by atoms with Gasteiger partial charge in [-0.15, -0.1) is 0 Å². The summed E-state index contributed by atoms with van der Waals surface area (Å²) in [6, 6.07) is 1.87. The first kappa shape index (κ1) is 17.8. The van der Waals surface area contributed by atoms with E-state index in [1.165, 1.54) is 7.11 Å². The van der Waals surface area contributed by atoms with Gasteiger partial charge in [-0.1, -0.05) is 13.3 Å². The third-order valence-electron chi connectivity index (χ3n) is 2.67. The van der Waals surface area contributed by atoms with E-state index in [9.17, 15) is 9.59 Å². The zero-order chi connectivity index (χ0) is 16.0. The molecule has 0 aromatic heterocycles. The number of urea groups is 1. The molecule has 0 bridgehead atoms. The second-order valence-electron chi connectivity index (χ2n) is 4.24. The van der Waals surface area contributed by atoms with E-state index in [1.807, 2.05) is 6.92 Å². The van der Waals surface area contributed by atoms with Crippen molar-refractivity contribution in [3.05, 3.63) is 21.1 Å². The Morgan fingerprint density at radius 1 is 1.33 bits per heavy atom. The number of aliphatic carboxylic acids is 1. The molecule has 0 spiro atoms. The van der Waals surface area contributed by atoms with Crippen LogP contribution in [0.15, 0.2) is 21.1 Å². The lowest BCUT2D eigenvalue weighted by Gasteiger charge is -2.15. The lowest BCUT2D eigenvalue weighted by atomic mass is 10.2. The van der Waals surface area contributed by atoms with Gasteiger partial charge in [-0.3, -0.25) is 0 Å². The minimum absolute atomic E-state index is 0.369. The molecular weight excluding hydrogens is 408 g/mol. The monoisotopic (exact) mass is 422 g/mol. The smallest absolute Gasteiger partial charge is 0.326 e. The summed E-state index contributed by atoms with van der Waals surface area (Å²) < 4.78 is 6.53. The van der Waals surface area contributed by atoms with Crippen molar-refractivity contribution in [3.63, 3.8) is 0 Å². The molecule has 0 saturated heterocycles. The molecule has 0 radical (unpaired) electrons. The first-order valence-electron chi connectivity index (χ1n) is 6.22. The molecule has 8 heteroatoms. The first-order chi connectivity index (χ1) is 9.88. The highest BCUT2D eigenvalue weighted by molar-refractivity contribution is 9.11. The summed E-state index contributed by atoms with van der Waals surface area (Å²) in [5, 5.41) is 14.0. The van der Waals surface area contributed by atoms with Crippen LogP contribution in [0.3, 0.4) is 0 Å². The molecule has 2 amide bonds. The van der Waals surface area contributed by atoms with Crippen LogP contribution in [0.25, 0.3) is 0 Å². The Morgan fingerprint density at radius 3 is 2.52 bits per heavy atom. The van der Waals surface area contributed by atoms with Gasteiger partial charge in [-0.2, -0.15) is 0 Å². The fourth-order valence-electron chi connectivity index (χ4n) is 1.64. The molecule has 0 heterocycles. The van der Waals surface area contributed by atoms with Crippen molar-refractivity contribution in [2.75, 3.05) is 12.4 Å². The predicted octanol–water partition coefficient (Wildman–Crippen LogP) is 3.60. The Morgan fingerprint density at radius 2 is 2.00 bits per heavy atom. The summed E-state index contributed by atoms with van der Waals surface area (Å²) >= 11 is 6.65. The van der Waals surface area contributed by atoms with Crippen LogP contribution in [0.5, 0.6) is 5.75 Å². The van der Waals surface area contributed by atoms with Crippen LogP contribution in [-0.2, 0) is 4.79 Å². The summed E-state index contributed by atoms with van der Waals surface area (Å²) in [4.78, 5) is 22.9. The van der Waals surface area contributed by atoms with Gasteiger partial charge in [-0.25, -0.2) is 9.59 Å². The SMILES string of the molecule is CCC[C@@H](NC(=O)Nc1cc(OC)c(Br)cc1Br)C(=O)O. The molecular formula is C13H16Br2N2O4. The molecule has 0 aliphatic carbocycles. The number of ether oxygens (including phenoxy) is 1. The third-order valence-corrected chi connectivity index (χ3v) is 3.95. The van der Waals surface area contributed by atoms with E-state index in [4.69, 9.17) is 9.84 Å². The number of benzene rings is 1. The highest BCUT2D eigenvalue weighted by atomic mass is 79.9. The maximum absolute atomic E-state index is 11.9. The van der Waals surface area contributed by atoms with Gasteiger partial charge in [0.2, 0.25) is 0 Å². The molecule has 3 N–H and O–H groups in total. The minimum Gasteiger partial charge on any atom is -0.495 e. The molecule has 0 fully saturated rings. The van der Waals surface area contributed by atoms with Crippen molar-refractivity contribution in [2.24, 2.45) is 0 Å². The van der Waals surface area contributed by atoms with Gasteiger partial charge < -0.3 is 20.5 Å². The second kappa shape index (κ2) is 8.23. The Bertz CT molecular complexity index is 537. The van der Waals surface area contributed by atoms with Gasteiger partial charge in [0, 0.05) is 10.5 Å². The van der Waals surface area contributed by atoms with E-state index in [-0.39, 0.29) is 0 Å². The number of hydrogen-bond acceptors (Lipinski definition) is 3. The number of anilines is 1. The van der Waals surface area contributed by atoms with Gasteiger partial charge >= 0.3 is 12.0 Å². The molecule has 0 saturated carbocycles. The number of hydrogen-bond donors (Lipinski definition) is 3. The number of halogens is 2. The number of carbonyl (C=O) groups is 2. The Kier molecular flexibility index (Phi) is 6.97. The number of carbonyl (C=O) groups excluding carboxylic acids is 1. The standard InChI is InChI=1S/C13H16Br2N2O4/c1-3-4-9(12(18)19)16-13(20)17-10-6-11(21-2)8(15)5-7(10)14/h5-6,9H,3-4H2,1-2H3,(H,18,19)(H2,16,17,20)/t9-/m1/s1. The Hall–Kier alpha value is -1.28. The summed E-state index contributed by atoms with van der Waals surface area (Å²) in [5.41, 5.74) is 0.480. The maximum atomic E-state index is 11.9. The van der Waals surface area contributed by atoms with Crippen LogP contribution in [0.4, 0.5) is 10.5 Å². The highest BCUT2D eigenvalue weighted by Gasteiger charge is 2.19. The lowest BCUT2D eigenvalue weighted by molar-refractivity contribution is -0.139. The quantitative estimate of drug-likeness (QED) is 0.652. The fourth-order valence-corrected chi connectivity index (χ4v) is 2.90. The summed E-state index contributed by atoms with van der Waals surface area (Å²) in [5.74, 6) is -0.503. The Balaban J connectivity index is 2.81. The predicted molar refractivity (Wildman–Crippen MR) is 86.9 cm³/mol. The van der Waals surface area contributed by atoms with Crippen molar-refractivity contribution in [3.8, 4) is 5.75 Å². The van der Waals surface area contributed by atoms with Gasteiger partial charge in [0.25, 0.3) is 0 Å². The van der Waals surface area contributed by atoms with Crippen molar-refractivity contribution in [2.45, 2.75) is 25.8 Å². The van der Waals surface area contributed by atoms with Crippen LogP contribution < -0.4 is 15.4 Å². The molecule has 0 unspecified atom stereocenters. The van der Waals surface area contributed by atoms with Crippen molar-refractivity contribution in [1.29, 1.82) is 0 Å². The van der Waals surface area contributed by atoms with Crippen LogP contribution in [0.2, 0.25) is 0 Å². The second-order valence-corrected chi connectivity index (χ2v) is 5.95. The van der Waals surface area contributed by atoms with E-state index in [2.05, 4.69) is 42.5 Å². The van der Waals surface area contributed by atoms with Crippen molar-refractivity contribution in [1.82, 2.24) is 5.32 Å². The largest absolute Gasteiger partial charge is 0.495 e. The summed E-state index contributed by atoms with van der Waals surface area (Å²) in [6.45, 7) is 1.85. The molecule has 21 heavy (non-hydrogen) atoms. The lowest BCUT2D eigenvalue weighted by Crippen LogP contribution is -2.42. The van der Waals surface area contributed by atoms with Crippen LogP contribution in [0.1, 0.15) is 19.8 Å². The molecule has 1 atom stereocenters. The zero-order valence-electron chi connectivity index (χ0n) is 11.6. The number of nitrogens with one attached hydrogen (secondary N) is 2. The normalized spacial score (nSPS) is 11.6. The summed E-state index contributed by atoms with van der Waals surface area (Å²) in [6.07, 6.45) is 1.03. The van der Waals surface area contributed by atoms with Gasteiger partial charge in [0.05, 0.1) is 17.3 Å². The van der Waals surface area contributed by atoms with Crippen molar-refractivity contribution >= 4 is 49.5 Å². The van der Waals surface area contributed by atoms with Crippen LogP contribution >= 0.6 is 31.9 Å². The van der Waals surface area contributed by atoms with E-state index >= 15 is 0 Å². The molecule has 0 aliphatic heterocycles. The number of carboxylic acids is 1. The van der Waals surface area contributed by atoms with Gasteiger partial charge in [-0.05, 0) is 44.3 Å². The molecule has 0 aliphatic rings. The van der Waals surface area contributed by atoms with E-state index in [0.29, 0.717) is 28.8 Å². The molecule has 1 aromatic carbocycles. The van der Waals surface area contributed by atoms with E-state index in [0.717, 1.165) is 4.47 Å². The zero-order valence-corrected chi connectivity index (χ0v) is 14.7. The maximum Gasteiger partial charge on any atom is 0.326 e. The molecule has 1 aromatic rings. The molecule has 116 valence electrons. The number of methoxy groups -OCH3 is 1. The Labute approximate surface area is 139 Å². The average Bonchev–Trinajstić information content (AvgIpc) is 2.41. The van der Waals surface area contributed by atoms with E-state index < -0.39 is 18.0 Å². The highest BCUT2D eigenvalue weighted by Crippen LogP contribution is 2.34. The van der Waals surface area contributed by atoms with Crippen LogP contribution in [-0.4, -0.2) is 30.3 Å². The van der Waals surface area contributed by atoms with Gasteiger partial charge in [0.1, 0.15) is 11.8 Å². The fraction of sp³-hybridized carbons (Fsp3) is 0.385. The van der Waals surface area contributed by atoms with E-state index in [1.54, 1.807) is 12.1 Å². The first-order valence-corrected chi connectivity index (χ1v) is 7.81. The minimum atomic E-state index is -1.06. The molecule has 6 nitrogen and oxygen atoms in total.